The first-order chi connectivity index (χ1) is 34.0. The maximum Gasteiger partial charge on any atom is 0.304 e. The normalized spacial score (nSPS) is 11.2. The highest BCUT2D eigenvalue weighted by molar-refractivity contribution is 5.68. The zero-order valence-electron chi connectivity index (χ0n) is 47.5. The van der Waals surface area contributed by atoms with E-state index in [0.29, 0.717) is 19.3 Å². The minimum Gasteiger partial charge on any atom is -0.481 e. The van der Waals surface area contributed by atoms with Gasteiger partial charge in [0.2, 0.25) is 0 Å². The zero-order valence-corrected chi connectivity index (χ0v) is 47.5. The van der Waals surface area contributed by atoms with Crippen molar-refractivity contribution >= 4 is 23.9 Å². The van der Waals surface area contributed by atoms with Gasteiger partial charge >= 0.3 is 23.9 Å². The predicted octanol–water partition coefficient (Wildman–Crippen LogP) is 17.0. The van der Waals surface area contributed by atoms with Crippen LogP contribution in [0, 0.1) is 23.2 Å². The van der Waals surface area contributed by atoms with E-state index in [-0.39, 0.29) is 0 Å². The summed E-state index contributed by atoms with van der Waals surface area (Å²) < 4.78 is 0. The molecule has 0 aromatic heterocycles. The Balaban J connectivity index is -0.000000430. The van der Waals surface area contributed by atoms with Gasteiger partial charge in [0, 0.05) is 19.3 Å². The van der Waals surface area contributed by atoms with Gasteiger partial charge in [-0.15, -0.1) is 0 Å². The molecular formula is C60H120O11. The van der Waals surface area contributed by atoms with Crippen molar-refractivity contribution in [3.05, 3.63) is 0 Å². The fourth-order valence-electron chi connectivity index (χ4n) is 8.43. The van der Waals surface area contributed by atoms with Gasteiger partial charge in [-0.3, -0.25) is 19.2 Å². The van der Waals surface area contributed by atoms with E-state index in [4.69, 9.17) is 35.7 Å². The van der Waals surface area contributed by atoms with Crippen LogP contribution in [0.4, 0.5) is 0 Å². The molecule has 0 fully saturated rings. The minimum atomic E-state index is -1.29. The average molecular weight is 1020 g/mol. The Morgan fingerprint density at radius 2 is 0.423 bits per heavy atom. The predicted molar refractivity (Wildman–Crippen MR) is 297 cm³/mol. The van der Waals surface area contributed by atoms with Crippen LogP contribution in [-0.2, 0) is 19.2 Å². The molecule has 0 aromatic rings. The molecule has 0 aliphatic carbocycles. The van der Waals surface area contributed by atoms with Crippen LogP contribution in [0.15, 0.2) is 0 Å². The van der Waals surface area contributed by atoms with E-state index in [2.05, 4.69) is 41.5 Å². The first-order valence-electron chi connectivity index (χ1n) is 29.7. The molecule has 0 saturated heterocycles. The Kier molecular flexibility index (Phi) is 64.0. The molecule has 0 amide bonds. The van der Waals surface area contributed by atoms with Gasteiger partial charge in [0.15, 0.2) is 0 Å². The third-order valence-corrected chi connectivity index (χ3v) is 13.3. The van der Waals surface area contributed by atoms with Crippen molar-refractivity contribution in [2.45, 2.75) is 318 Å². The molecule has 0 spiro atoms. The van der Waals surface area contributed by atoms with Crippen LogP contribution < -0.4 is 0 Å². The SMILES string of the molecule is CC(C)CCCCCCCCCCCCCCC(=O)O.CC(C)CCCCCCCCCCCCCCC(=O)O.CC(C)CCCCCCCCCCCCCCC(=O)O.O=C(O)CC(CO)(CO)CO. The Morgan fingerprint density at radius 1 is 0.268 bits per heavy atom. The van der Waals surface area contributed by atoms with E-state index < -0.39 is 55.5 Å². The molecule has 0 bridgehead atoms. The summed E-state index contributed by atoms with van der Waals surface area (Å²) >= 11 is 0. The van der Waals surface area contributed by atoms with Crippen molar-refractivity contribution in [3.63, 3.8) is 0 Å². The fourth-order valence-corrected chi connectivity index (χ4v) is 8.43. The number of aliphatic carboxylic acids is 4. The second-order valence-electron chi connectivity index (χ2n) is 22.3. The first-order valence-corrected chi connectivity index (χ1v) is 29.7. The largest absolute Gasteiger partial charge is 0.481 e. The fraction of sp³-hybridized carbons (Fsp3) is 0.933. The van der Waals surface area contributed by atoms with Crippen LogP contribution in [0.3, 0.4) is 0 Å². The van der Waals surface area contributed by atoms with Gasteiger partial charge in [-0.25, -0.2) is 0 Å². The lowest BCUT2D eigenvalue weighted by molar-refractivity contribution is -0.143. The number of carboxylic acids is 4. The van der Waals surface area contributed by atoms with Crippen molar-refractivity contribution in [2.24, 2.45) is 23.2 Å². The van der Waals surface area contributed by atoms with Gasteiger partial charge < -0.3 is 35.7 Å². The van der Waals surface area contributed by atoms with Gasteiger partial charge in [-0.2, -0.15) is 0 Å². The summed E-state index contributed by atoms with van der Waals surface area (Å²) in [5.74, 6) is -0.515. The van der Waals surface area contributed by atoms with Gasteiger partial charge in [0.1, 0.15) is 0 Å². The molecule has 0 atom stereocenters. The molecular weight excluding hydrogens is 897 g/mol. The van der Waals surface area contributed by atoms with E-state index in [1.54, 1.807) is 0 Å². The molecule has 11 heteroatoms. The Bertz CT molecular complexity index is 988. The lowest BCUT2D eigenvalue weighted by Crippen LogP contribution is -2.36. The van der Waals surface area contributed by atoms with Crippen LogP contribution in [0.25, 0.3) is 0 Å². The number of hydrogen-bond acceptors (Lipinski definition) is 7. The molecule has 0 heterocycles. The molecule has 71 heavy (non-hydrogen) atoms. The van der Waals surface area contributed by atoms with E-state index in [9.17, 15) is 19.2 Å². The van der Waals surface area contributed by atoms with Gasteiger partial charge in [0.25, 0.3) is 0 Å². The minimum absolute atomic E-state index is 0.344. The van der Waals surface area contributed by atoms with Crippen molar-refractivity contribution in [1.82, 2.24) is 0 Å². The van der Waals surface area contributed by atoms with Crippen molar-refractivity contribution < 1.29 is 54.9 Å². The smallest absolute Gasteiger partial charge is 0.304 e. The molecule has 7 N–H and O–H groups in total. The molecule has 0 saturated carbocycles. The number of aliphatic hydroxyl groups is 3. The third kappa shape index (κ3) is 74.4. The maximum atomic E-state index is 10.3. The number of aliphatic hydroxyl groups excluding tert-OH is 3. The highest BCUT2D eigenvalue weighted by Crippen LogP contribution is 2.20. The van der Waals surface area contributed by atoms with Crippen LogP contribution in [-0.4, -0.2) is 79.4 Å². The summed E-state index contributed by atoms with van der Waals surface area (Å²) in [6, 6.07) is 0. The number of carbonyl (C=O) groups is 4. The second kappa shape index (κ2) is 60.3. The quantitative estimate of drug-likeness (QED) is 0.0285. The number of hydrogen-bond donors (Lipinski definition) is 7. The molecule has 426 valence electrons. The molecule has 0 aromatic carbocycles. The van der Waals surface area contributed by atoms with Gasteiger partial charge in [-0.05, 0) is 37.0 Å². The molecule has 0 aliphatic heterocycles. The molecule has 0 radical (unpaired) electrons. The Hall–Kier alpha value is -2.24. The molecule has 11 nitrogen and oxygen atoms in total. The zero-order chi connectivity index (χ0) is 54.1. The number of unbranched alkanes of at least 4 members (excludes halogenated alkanes) is 33. The van der Waals surface area contributed by atoms with E-state index in [1.807, 2.05) is 0 Å². The highest BCUT2D eigenvalue weighted by atomic mass is 16.4. The van der Waals surface area contributed by atoms with E-state index >= 15 is 0 Å². The third-order valence-electron chi connectivity index (χ3n) is 13.3. The van der Waals surface area contributed by atoms with Gasteiger partial charge in [-0.1, -0.05) is 273 Å². The standard InChI is InChI=1S/3C18H36O2.C6H12O5/c3*1-17(2)15-13-11-9-7-5-3-4-6-8-10-12-14-16-18(19)20;7-2-6(3-8,4-9)1-5(10)11/h3*17H,3-16H2,1-2H3,(H,19,20);7-9H,1-4H2,(H,10,11). The summed E-state index contributed by atoms with van der Waals surface area (Å²) in [5.41, 5.74) is -1.29. The summed E-state index contributed by atoms with van der Waals surface area (Å²) in [6.07, 6.45) is 51.5. The van der Waals surface area contributed by atoms with Crippen molar-refractivity contribution in [2.75, 3.05) is 19.8 Å². The lowest BCUT2D eigenvalue weighted by atomic mass is 9.87. The first kappa shape index (κ1) is 75.3. The van der Waals surface area contributed by atoms with E-state index in [1.165, 1.54) is 212 Å². The highest BCUT2D eigenvalue weighted by Gasteiger charge is 2.30. The van der Waals surface area contributed by atoms with Crippen LogP contribution in [0.5, 0.6) is 0 Å². The monoisotopic (exact) mass is 1020 g/mol. The summed E-state index contributed by atoms with van der Waals surface area (Å²) in [5, 5.41) is 59.8. The van der Waals surface area contributed by atoms with E-state index in [0.717, 1.165) is 56.3 Å². The summed E-state index contributed by atoms with van der Waals surface area (Å²) in [4.78, 5) is 41.2. The topological polar surface area (TPSA) is 210 Å². The van der Waals surface area contributed by atoms with Gasteiger partial charge in [0.05, 0.1) is 31.7 Å². The molecule has 0 rings (SSSR count). The lowest BCUT2D eigenvalue weighted by Gasteiger charge is -2.24. The van der Waals surface area contributed by atoms with Crippen molar-refractivity contribution in [3.8, 4) is 0 Å². The Morgan fingerprint density at radius 3 is 0.535 bits per heavy atom. The van der Waals surface area contributed by atoms with Crippen molar-refractivity contribution in [1.29, 1.82) is 0 Å². The number of carboxylic acid groups (broad SMARTS) is 4. The summed E-state index contributed by atoms with van der Waals surface area (Å²) in [6.45, 7) is 12.2. The molecule has 0 unspecified atom stereocenters. The average Bonchev–Trinajstić information content (AvgIpc) is 3.31. The van der Waals surface area contributed by atoms with Crippen LogP contribution in [0.1, 0.15) is 318 Å². The molecule has 0 aliphatic rings. The number of rotatable bonds is 50. The van der Waals surface area contributed by atoms with Crippen LogP contribution in [0.2, 0.25) is 0 Å². The second-order valence-corrected chi connectivity index (χ2v) is 22.3. The Labute approximate surface area is 437 Å². The van der Waals surface area contributed by atoms with Crippen LogP contribution >= 0.6 is 0 Å². The maximum absolute atomic E-state index is 10.3. The summed E-state index contributed by atoms with van der Waals surface area (Å²) in [7, 11) is 0.